The zero-order valence-electron chi connectivity index (χ0n) is 12.6. The number of aromatic nitrogens is 1. The molecule has 0 radical (unpaired) electrons. The first-order chi connectivity index (χ1) is 10.6. The van der Waals surface area contributed by atoms with Crippen LogP contribution in [0.25, 0.3) is 0 Å². The maximum atomic E-state index is 11.9. The summed E-state index contributed by atoms with van der Waals surface area (Å²) in [7, 11) is 0. The van der Waals surface area contributed by atoms with E-state index in [4.69, 9.17) is 4.74 Å². The summed E-state index contributed by atoms with van der Waals surface area (Å²) in [4.78, 5) is 30.9. The van der Waals surface area contributed by atoms with Gasteiger partial charge in [-0.2, -0.15) is 0 Å². The quantitative estimate of drug-likeness (QED) is 0.854. The fourth-order valence-corrected chi connectivity index (χ4v) is 3.43. The molecule has 0 atom stereocenters. The molecule has 1 saturated carbocycles. The van der Waals surface area contributed by atoms with Gasteiger partial charge in [0.1, 0.15) is 0 Å². The Hall–Kier alpha value is -1.67. The lowest BCUT2D eigenvalue weighted by Crippen LogP contribution is -2.40. The van der Waals surface area contributed by atoms with Gasteiger partial charge in [0, 0.05) is 30.4 Å². The van der Waals surface area contributed by atoms with Crippen molar-refractivity contribution in [2.75, 3.05) is 25.0 Å². The zero-order valence-corrected chi connectivity index (χ0v) is 13.4. The lowest BCUT2D eigenvalue weighted by atomic mass is 10.2. The van der Waals surface area contributed by atoms with Crippen LogP contribution in [0.5, 0.6) is 0 Å². The summed E-state index contributed by atoms with van der Waals surface area (Å²) < 4.78 is 4.85. The smallest absolute Gasteiger partial charge is 0.413 e. The molecule has 0 spiro atoms. The van der Waals surface area contributed by atoms with Crippen molar-refractivity contribution in [3.05, 3.63) is 10.6 Å². The number of hydrogen-bond acceptors (Lipinski definition) is 6. The lowest BCUT2D eigenvalue weighted by molar-refractivity contribution is -0.122. The molecule has 8 heteroatoms. The fourth-order valence-electron chi connectivity index (χ4n) is 2.40. The molecular weight excluding hydrogens is 304 g/mol. The van der Waals surface area contributed by atoms with Crippen LogP contribution < -0.4 is 10.6 Å². The minimum absolute atomic E-state index is 0.0975. The Kier molecular flexibility index (Phi) is 4.58. The molecule has 2 N–H and O–H groups in total. The highest BCUT2D eigenvalue weighted by Gasteiger charge is 2.26. The Labute approximate surface area is 133 Å². The topological polar surface area (TPSA) is 83.6 Å². The van der Waals surface area contributed by atoms with Crippen molar-refractivity contribution in [3.63, 3.8) is 0 Å². The van der Waals surface area contributed by atoms with Gasteiger partial charge in [0.2, 0.25) is 5.91 Å². The summed E-state index contributed by atoms with van der Waals surface area (Å²) in [5.41, 5.74) is 1.01. The van der Waals surface area contributed by atoms with Crippen LogP contribution >= 0.6 is 11.3 Å². The van der Waals surface area contributed by atoms with Crippen LogP contribution in [-0.2, 0) is 22.5 Å². The fraction of sp³-hybridized carbons (Fsp3) is 0.643. The molecular formula is C14H20N4O3S. The second-order valence-corrected chi connectivity index (χ2v) is 6.62. The standard InChI is InChI=1S/C14H20N4O3S/c1-2-21-14(20)17-13-16-10-5-6-18(7-11(10)22-13)8-12(19)15-9-3-4-9/h9H,2-8H2,1H3,(H,15,19)(H,16,17,20). The van der Waals surface area contributed by atoms with Crippen molar-refractivity contribution in [2.24, 2.45) is 0 Å². The molecule has 120 valence electrons. The molecule has 7 nitrogen and oxygen atoms in total. The first kappa shape index (κ1) is 15.2. The van der Waals surface area contributed by atoms with Gasteiger partial charge in [-0.25, -0.2) is 9.78 Å². The Balaban J connectivity index is 1.54. The number of ether oxygens (including phenoxy) is 1. The first-order valence-electron chi connectivity index (χ1n) is 7.58. The Morgan fingerprint density at radius 2 is 2.27 bits per heavy atom. The van der Waals surface area contributed by atoms with Crippen LogP contribution in [0.4, 0.5) is 9.93 Å². The number of anilines is 1. The number of rotatable bonds is 5. The van der Waals surface area contributed by atoms with Crippen LogP contribution in [0, 0.1) is 0 Å². The van der Waals surface area contributed by atoms with Crippen molar-refractivity contribution in [3.8, 4) is 0 Å². The minimum Gasteiger partial charge on any atom is -0.450 e. The van der Waals surface area contributed by atoms with Crippen LogP contribution in [0.2, 0.25) is 0 Å². The summed E-state index contributed by atoms with van der Waals surface area (Å²) in [5.74, 6) is 0.0975. The largest absolute Gasteiger partial charge is 0.450 e. The number of carbonyl (C=O) groups excluding carboxylic acids is 2. The van der Waals surface area contributed by atoms with Crippen LogP contribution in [0.3, 0.4) is 0 Å². The van der Waals surface area contributed by atoms with Gasteiger partial charge in [-0.15, -0.1) is 0 Å². The van der Waals surface area contributed by atoms with Crippen molar-refractivity contribution >= 4 is 28.5 Å². The molecule has 1 aromatic heterocycles. The second kappa shape index (κ2) is 6.62. The van der Waals surface area contributed by atoms with Crippen molar-refractivity contribution in [1.82, 2.24) is 15.2 Å². The number of carbonyl (C=O) groups is 2. The summed E-state index contributed by atoms with van der Waals surface area (Å²) in [6.45, 7) is 4.04. The minimum atomic E-state index is -0.478. The molecule has 1 aliphatic carbocycles. The molecule has 1 aliphatic heterocycles. The van der Waals surface area contributed by atoms with Gasteiger partial charge in [-0.1, -0.05) is 11.3 Å². The third-order valence-corrected chi connectivity index (χ3v) is 4.60. The Bertz CT molecular complexity index is 570. The second-order valence-electron chi connectivity index (χ2n) is 5.54. The summed E-state index contributed by atoms with van der Waals surface area (Å²) >= 11 is 1.45. The normalized spacial score (nSPS) is 17.7. The third-order valence-electron chi connectivity index (χ3n) is 3.60. The SMILES string of the molecule is CCOC(=O)Nc1nc2c(s1)CN(CC(=O)NC1CC1)CC2. The number of amides is 2. The van der Waals surface area contributed by atoms with Crippen LogP contribution in [-0.4, -0.2) is 47.6 Å². The van der Waals surface area contributed by atoms with E-state index in [0.29, 0.717) is 30.9 Å². The molecule has 2 heterocycles. The van der Waals surface area contributed by atoms with Gasteiger partial charge in [0.25, 0.3) is 0 Å². The van der Waals surface area contributed by atoms with E-state index in [2.05, 4.69) is 20.5 Å². The highest BCUT2D eigenvalue weighted by molar-refractivity contribution is 7.15. The monoisotopic (exact) mass is 324 g/mol. The van der Waals surface area contributed by atoms with E-state index >= 15 is 0 Å². The maximum Gasteiger partial charge on any atom is 0.413 e. The summed E-state index contributed by atoms with van der Waals surface area (Å²) in [5, 5.41) is 6.21. The lowest BCUT2D eigenvalue weighted by Gasteiger charge is -2.25. The molecule has 1 fully saturated rings. The Morgan fingerprint density at radius 3 is 3.00 bits per heavy atom. The van der Waals surface area contributed by atoms with Crippen molar-refractivity contribution in [1.29, 1.82) is 0 Å². The molecule has 1 aromatic rings. The summed E-state index contributed by atoms with van der Waals surface area (Å²) in [6.07, 6.45) is 2.53. The van der Waals surface area contributed by atoms with E-state index in [0.717, 1.165) is 36.4 Å². The zero-order chi connectivity index (χ0) is 15.5. The number of nitrogens with one attached hydrogen (secondary N) is 2. The predicted octanol–water partition coefficient (Wildman–Crippen LogP) is 1.35. The number of thiazole rings is 1. The van der Waals surface area contributed by atoms with E-state index in [-0.39, 0.29) is 5.91 Å². The molecule has 2 amide bonds. The van der Waals surface area contributed by atoms with E-state index in [1.165, 1.54) is 11.3 Å². The molecule has 0 unspecified atom stereocenters. The number of fused-ring (bicyclic) bond motifs is 1. The van der Waals surface area contributed by atoms with Crippen molar-refractivity contribution in [2.45, 2.75) is 38.8 Å². The molecule has 22 heavy (non-hydrogen) atoms. The van der Waals surface area contributed by atoms with Gasteiger partial charge in [-0.3, -0.25) is 15.0 Å². The van der Waals surface area contributed by atoms with E-state index in [9.17, 15) is 9.59 Å². The number of nitrogens with zero attached hydrogens (tertiary/aromatic N) is 2. The van der Waals surface area contributed by atoms with Gasteiger partial charge >= 0.3 is 6.09 Å². The average molecular weight is 324 g/mol. The Morgan fingerprint density at radius 1 is 1.45 bits per heavy atom. The molecule has 0 saturated heterocycles. The highest BCUT2D eigenvalue weighted by atomic mass is 32.1. The third kappa shape index (κ3) is 3.95. The molecule has 0 bridgehead atoms. The predicted molar refractivity (Wildman–Crippen MR) is 82.9 cm³/mol. The average Bonchev–Trinajstić information content (AvgIpc) is 3.16. The highest BCUT2D eigenvalue weighted by Crippen LogP contribution is 2.28. The van der Waals surface area contributed by atoms with Gasteiger partial charge < -0.3 is 10.1 Å². The van der Waals surface area contributed by atoms with Crippen molar-refractivity contribution < 1.29 is 14.3 Å². The van der Waals surface area contributed by atoms with E-state index < -0.39 is 6.09 Å². The van der Waals surface area contributed by atoms with Gasteiger partial charge in [0.05, 0.1) is 18.8 Å². The van der Waals surface area contributed by atoms with Crippen LogP contribution in [0.1, 0.15) is 30.3 Å². The summed E-state index contributed by atoms with van der Waals surface area (Å²) in [6, 6.07) is 0.400. The number of hydrogen-bond donors (Lipinski definition) is 2. The van der Waals surface area contributed by atoms with Gasteiger partial charge in [0.15, 0.2) is 5.13 Å². The van der Waals surface area contributed by atoms with Gasteiger partial charge in [-0.05, 0) is 19.8 Å². The maximum absolute atomic E-state index is 11.9. The van der Waals surface area contributed by atoms with E-state index in [1.54, 1.807) is 6.92 Å². The van der Waals surface area contributed by atoms with E-state index in [1.807, 2.05) is 0 Å². The molecule has 0 aromatic carbocycles. The first-order valence-corrected chi connectivity index (χ1v) is 8.39. The van der Waals surface area contributed by atoms with Crippen LogP contribution in [0.15, 0.2) is 0 Å². The molecule has 2 aliphatic rings. The molecule has 3 rings (SSSR count).